The van der Waals surface area contributed by atoms with Crippen molar-refractivity contribution in [2.24, 2.45) is 0 Å². The fourth-order valence-electron chi connectivity index (χ4n) is 2.68. The number of anilines is 1. The summed E-state index contributed by atoms with van der Waals surface area (Å²) in [5, 5.41) is 9.56. The van der Waals surface area contributed by atoms with Crippen LogP contribution in [0.1, 0.15) is 16.2 Å². The maximum Gasteiger partial charge on any atom is 0.295 e. The first-order chi connectivity index (χ1) is 13.5. The number of halogens is 2. The van der Waals surface area contributed by atoms with E-state index in [1.807, 2.05) is 24.4 Å². The van der Waals surface area contributed by atoms with Gasteiger partial charge in [-0.05, 0) is 54.3 Å². The van der Waals surface area contributed by atoms with E-state index in [0.29, 0.717) is 22.2 Å². The van der Waals surface area contributed by atoms with E-state index in [9.17, 15) is 9.18 Å². The number of aromatic nitrogens is 3. The van der Waals surface area contributed by atoms with Gasteiger partial charge in [0.25, 0.3) is 5.91 Å². The van der Waals surface area contributed by atoms with E-state index in [1.165, 1.54) is 28.2 Å². The van der Waals surface area contributed by atoms with Gasteiger partial charge in [-0.25, -0.2) is 14.1 Å². The molecule has 0 fully saturated rings. The number of carbonyl (C=O) groups excluding carboxylic acids is 1. The van der Waals surface area contributed by atoms with Crippen molar-refractivity contribution in [1.29, 1.82) is 0 Å². The highest BCUT2D eigenvalue weighted by Gasteiger charge is 2.20. The highest BCUT2D eigenvalue weighted by atomic mass is 35.5. The van der Waals surface area contributed by atoms with Crippen molar-refractivity contribution in [1.82, 2.24) is 14.8 Å². The van der Waals surface area contributed by atoms with Crippen LogP contribution in [-0.4, -0.2) is 20.7 Å². The summed E-state index contributed by atoms with van der Waals surface area (Å²) < 4.78 is 15.2. The van der Waals surface area contributed by atoms with Gasteiger partial charge in [0.1, 0.15) is 5.82 Å². The Hall–Kier alpha value is -3.03. The minimum atomic E-state index is -0.474. The highest BCUT2D eigenvalue weighted by molar-refractivity contribution is 7.13. The second-order valence-electron chi connectivity index (χ2n) is 5.99. The van der Waals surface area contributed by atoms with Crippen LogP contribution in [0.3, 0.4) is 0 Å². The first kappa shape index (κ1) is 18.3. The molecule has 0 aliphatic carbocycles. The second-order valence-corrected chi connectivity index (χ2v) is 7.35. The molecule has 28 heavy (non-hydrogen) atoms. The van der Waals surface area contributed by atoms with Crippen molar-refractivity contribution in [3.05, 3.63) is 82.2 Å². The minimum absolute atomic E-state index is 0.0213. The van der Waals surface area contributed by atoms with Gasteiger partial charge in [-0.3, -0.25) is 4.79 Å². The number of benzene rings is 2. The Morgan fingerprint density at radius 3 is 2.75 bits per heavy atom. The fourth-order valence-corrected chi connectivity index (χ4v) is 3.56. The van der Waals surface area contributed by atoms with Gasteiger partial charge in [0.15, 0.2) is 5.82 Å². The van der Waals surface area contributed by atoms with E-state index in [4.69, 9.17) is 11.6 Å². The summed E-state index contributed by atoms with van der Waals surface area (Å²) in [4.78, 5) is 18.0. The lowest BCUT2D eigenvalue weighted by Crippen LogP contribution is -2.15. The zero-order valence-electron chi connectivity index (χ0n) is 14.7. The molecule has 0 aliphatic heterocycles. The van der Waals surface area contributed by atoms with Crippen LogP contribution in [0.5, 0.6) is 0 Å². The highest BCUT2D eigenvalue weighted by Crippen LogP contribution is 2.27. The van der Waals surface area contributed by atoms with Crippen LogP contribution in [0.25, 0.3) is 16.4 Å². The molecule has 0 spiro atoms. The summed E-state index contributed by atoms with van der Waals surface area (Å²) in [6.45, 7) is 1.81. The number of amides is 1. The molecule has 0 radical (unpaired) electrons. The van der Waals surface area contributed by atoms with Gasteiger partial charge in [0.05, 0.1) is 10.6 Å². The topological polar surface area (TPSA) is 59.8 Å². The molecule has 0 saturated heterocycles. The van der Waals surface area contributed by atoms with Crippen molar-refractivity contribution in [3.63, 3.8) is 0 Å². The zero-order valence-corrected chi connectivity index (χ0v) is 16.3. The Bertz CT molecular complexity index is 1160. The largest absolute Gasteiger partial charge is 0.319 e. The van der Waals surface area contributed by atoms with Crippen LogP contribution >= 0.6 is 22.9 Å². The molecule has 0 aliphatic rings. The molecule has 140 valence electrons. The Morgan fingerprint density at radius 1 is 1.18 bits per heavy atom. The van der Waals surface area contributed by atoms with E-state index in [1.54, 1.807) is 30.3 Å². The van der Waals surface area contributed by atoms with Gasteiger partial charge in [-0.1, -0.05) is 29.8 Å². The van der Waals surface area contributed by atoms with E-state index < -0.39 is 11.7 Å². The van der Waals surface area contributed by atoms with Crippen LogP contribution in [0, 0.1) is 12.7 Å². The molecule has 0 bridgehead atoms. The number of carbonyl (C=O) groups is 1. The molecule has 1 N–H and O–H groups in total. The van der Waals surface area contributed by atoms with Gasteiger partial charge in [0.2, 0.25) is 5.82 Å². The van der Waals surface area contributed by atoms with Crippen molar-refractivity contribution >= 4 is 34.5 Å². The Morgan fingerprint density at radius 2 is 2.00 bits per heavy atom. The number of nitrogens with one attached hydrogen (secondary N) is 1. The fraction of sp³-hybridized carbons (Fsp3) is 0.0500. The summed E-state index contributed by atoms with van der Waals surface area (Å²) in [7, 11) is 0. The van der Waals surface area contributed by atoms with E-state index >= 15 is 0 Å². The normalized spacial score (nSPS) is 10.8. The summed E-state index contributed by atoms with van der Waals surface area (Å²) in [5.41, 5.74) is 1.81. The molecule has 2 aromatic heterocycles. The Balaban J connectivity index is 1.75. The molecule has 2 aromatic carbocycles. The number of nitrogens with zero attached hydrogens (tertiary/aromatic N) is 3. The van der Waals surface area contributed by atoms with E-state index in [2.05, 4.69) is 15.4 Å². The maximum atomic E-state index is 13.7. The third kappa shape index (κ3) is 3.54. The second kappa shape index (κ2) is 7.53. The minimum Gasteiger partial charge on any atom is -0.319 e. The van der Waals surface area contributed by atoms with Crippen LogP contribution in [0.15, 0.2) is 60.0 Å². The Labute approximate surface area is 169 Å². The lowest BCUT2D eigenvalue weighted by Gasteiger charge is -2.07. The van der Waals surface area contributed by atoms with Gasteiger partial charge < -0.3 is 5.32 Å². The molecule has 1 amide bonds. The molecule has 0 atom stereocenters. The maximum absolute atomic E-state index is 13.7. The first-order valence-electron chi connectivity index (χ1n) is 8.36. The summed E-state index contributed by atoms with van der Waals surface area (Å²) >= 11 is 7.57. The number of hydrogen-bond donors (Lipinski definition) is 1. The SMILES string of the molecule is Cc1c(Cl)cccc1NC(=O)c1nc(-c2cccs2)n(-c2cccc(F)c2)n1. The van der Waals surface area contributed by atoms with E-state index in [-0.39, 0.29) is 5.82 Å². The predicted molar refractivity (Wildman–Crippen MR) is 109 cm³/mol. The van der Waals surface area contributed by atoms with E-state index in [0.717, 1.165) is 10.4 Å². The summed E-state index contributed by atoms with van der Waals surface area (Å²) in [5.74, 6) is -0.426. The molecule has 8 heteroatoms. The molecule has 5 nitrogen and oxygen atoms in total. The molecule has 0 saturated carbocycles. The zero-order chi connectivity index (χ0) is 19.7. The lowest BCUT2D eigenvalue weighted by atomic mass is 10.2. The van der Waals surface area contributed by atoms with Crippen molar-refractivity contribution in [3.8, 4) is 16.4 Å². The lowest BCUT2D eigenvalue weighted by molar-refractivity contribution is 0.101. The number of rotatable bonds is 4. The molecule has 2 heterocycles. The first-order valence-corrected chi connectivity index (χ1v) is 9.62. The molecule has 0 unspecified atom stereocenters. The molecule has 4 rings (SSSR count). The van der Waals surface area contributed by atoms with Crippen molar-refractivity contribution < 1.29 is 9.18 Å². The van der Waals surface area contributed by atoms with Gasteiger partial charge >= 0.3 is 0 Å². The van der Waals surface area contributed by atoms with Gasteiger partial charge in [-0.15, -0.1) is 16.4 Å². The third-order valence-corrected chi connectivity index (χ3v) is 5.40. The van der Waals surface area contributed by atoms with Crippen molar-refractivity contribution in [2.45, 2.75) is 6.92 Å². The number of thiophene rings is 1. The third-order valence-electron chi connectivity index (χ3n) is 4.12. The van der Waals surface area contributed by atoms with Crippen LogP contribution in [0.4, 0.5) is 10.1 Å². The van der Waals surface area contributed by atoms with Gasteiger partial charge in [0, 0.05) is 10.7 Å². The monoisotopic (exact) mass is 412 g/mol. The average Bonchev–Trinajstić information content (AvgIpc) is 3.35. The quantitative estimate of drug-likeness (QED) is 0.491. The van der Waals surface area contributed by atoms with Crippen molar-refractivity contribution in [2.75, 3.05) is 5.32 Å². The Kier molecular flexibility index (Phi) is 4.93. The standard InChI is InChI=1S/C20H14ClFN4OS/c1-12-15(21)7-3-8-16(12)23-20(27)18-24-19(17-9-4-10-28-17)26(25-18)14-6-2-5-13(22)11-14/h2-11H,1H3,(H,23,27). The predicted octanol–water partition coefficient (Wildman–Crippen LogP) is 5.35. The number of hydrogen-bond acceptors (Lipinski definition) is 4. The summed E-state index contributed by atoms with van der Waals surface area (Å²) in [6, 6.07) is 15.0. The average molecular weight is 413 g/mol. The van der Waals surface area contributed by atoms with Crippen LogP contribution in [0.2, 0.25) is 5.02 Å². The molecule has 4 aromatic rings. The van der Waals surface area contributed by atoms with Gasteiger partial charge in [-0.2, -0.15) is 0 Å². The van der Waals surface area contributed by atoms with Crippen LogP contribution < -0.4 is 5.32 Å². The summed E-state index contributed by atoms with van der Waals surface area (Å²) in [6.07, 6.45) is 0. The molecular weight excluding hydrogens is 399 g/mol. The van der Waals surface area contributed by atoms with Crippen LogP contribution in [-0.2, 0) is 0 Å². The molecular formula is C20H14ClFN4OS. The smallest absolute Gasteiger partial charge is 0.295 e.